The Morgan fingerprint density at radius 1 is 1.15 bits per heavy atom. The van der Waals surface area contributed by atoms with Gasteiger partial charge in [0.05, 0.1) is 13.2 Å². The topological polar surface area (TPSA) is 84.9 Å². The van der Waals surface area contributed by atoms with E-state index in [1.165, 1.54) is 0 Å². The van der Waals surface area contributed by atoms with E-state index in [0.717, 1.165) is 6.42 Å². The maximum Gasteiger partial charge on any atom is 0.329 e. The number of hydrogen-bond acceptors (Lipinski definition) is 4. The standard InChI is InChI=1S/C14H15NO5/c16-12(15-14(4-5-14)13(17)18)9-2-3-10-11(8-9)20-7-1-6-19-10/h2-3,8H,1,4-7H2,(H,15,16)(H,17,18). The number of ether oxygens (including phenoxy) is 2. The van der Waals surface area contributed by atoms with Crippen LogP contribution in [-0.4, -0.2) is 35.7 Å². The molecule has 0 spiro atoms. The summed E-state index contributed by atoms with van der Waals surface area (Å²) >= 11 is 0. The van der Waals surface area contributed by atoms with Crippen LogP contribution in [0.5, 0.6) is 11.5 Å². The van der Waals surface area contributed by atoms with Crippen molar-refractivity contribution in [2.75, 3.05) is 13.2 Å². The van der Waals surface area contributed by atoms with E-state index in [0.29, 0.717) is 43.1 Å². The second-order valence-electron chi connectivity index (χ2n) is 5.05. The SMILES string of the molecule is O=C(NC1(C(=O)O)CC1)c1ccc2c(c1)OCCCO2. The Hall–Kier alpha value is -2.24. The van der Waals surface area contributed by atoms with Gasteiger partial charge in [-0.05, 0) is 31.0 Å². The second kappa shape index (κ2) is 4.70. The van der Waals surface area contributed by atoms with Crippen LogP contribution in [0.15, 0.2) is 18.2 Å². The van der Waals surface area contributed by atoms with Crippen LogP contribution >= 0.6 is 0 Å². The zero-order valence-corrected chi connectivity index (χ0v) is 10.8. The molecular formula is C14H15NO5. The Morgan fingerprint density at radius 2 is 1.85 bits per heavy atom. The van der Waals surface area contributed by atoms with E-state index in [9.17, 15) is 9.59 Å². The van der Waals surface area contributed by atoms with E-state index in [4.69, 9.17) is 14.6 Å². The maximum absolute atomic E-state index is 12.1. The third-order valence-corrected chi connectivity index (χ3v) is 3.52. The molecule has 1 aliphatic carbocycles. The Bertz CT molecular complexity index is 565. The van der Waals surface area contributed by atoms with E-state index in [1.807, 2.05) is 0 Å². The van der Waals surface area contributed by atoms with Gasteiger partial charge >= 0.3 is 5.97 Å². The highest BCUT2D eigenvalue weighted by atomic mass is 16.5. The van der Waals surface area contributed by atoms with Crippen molar-refractivity contribution in [1.82, 2.24) is 5.32 Å². The third kappa shape index (κ3) is 2.29. The van der Waals surface area contributed by atoms with Gasteiger partial charge in [-0.2, -0.15) is 0 Å². The second-order valence-corrected chi connectivity index (χ2v) is 5.05. The number of aliphatic carboxylic acids is 1. The summed E-state index contributed by atoms with van der Waals surface area (Å²) in [5, 5.41) is 11.6. The zero-order valence-electron chi connectivity index (χ0n) is 10.8. The molecule has 1 fully saturated rings. The summed E-state index contributed by atoms with van der Waals surface area (Å²) < 4.78 is 11.0. The summed E-state index contributed by atoms with van der Waals surface area (Å²) in [4.78, 5) is 23.2. The van der Waals surface area contributed by atoms with Crippen molar-refractivity contribution in [3.63, 3.8) is 0 Å². The van der Waals surface area contributed by atoms with Gasteiger partial charge in [0.1, 0.15) is 5.54 Å². The number of hydrogen-bond donors (Lipinski definition) is 2. The van der Waals surface area contributed by atoms with Crippen molar-refractivity contribution in [1.29, 1.82) is 0 Å². The molecule has 1 aromatic rings. The van der Waals surface area contributed by atoms with Crippen molar-refractivity contribution < 1.29 is 24.2 Å². The van der Waals surface area contributed by atoms with Crippen LogP contribution in [-0.2, 0) is 4.79 Å². The molecule has 0 saturated heterocycles. The quantitative estimate of drug-likeness (QED) is 0.867. The molecule has 106 valence electrons. The molecule has 1 saturated carbocycles. The average Bonchev–Trinajstić information content (AvgIpc) is 3.21. The van der Waals surface area contributed by atoms with Crippen LogP contribution in [0, 0.1) is 0 Å². The Morgan fingerprint density at radius 3 is 2.50 bits per heavy atom. The fourth-order valence-corrected chi connectivity index (χ4v) is 2.11. The van der Waals surface area contributed by atoms with Crippen LogP contribution in [0.25, 0.3) is 0 Å². The highest BCUT2D eigenvalue weighted by molar-refractivity contribution is 5.99. The first-order valence-electron chi connectivity index (χ1n) is 6.56. The molecule has 1 heterocycles. The van der Waals surface area contributed by atoms with E-state index < -0.39 is 17.4 Å². The minimum Gasteiger partial charge on any atom is -0.490 e. The molecule has 20 heavy (non-hydrogen) atoms. The Balaban J connectivity index is 1.79. The monoisotopic (exact) mass is 277 g/mol. The van der Waals surface area contributed by atoms with Crippen molar-refractivity contribution in [3.05, 3.63) is 23.8 Å². The number of carboxylic acids is 1. The van der Waals surface area contributed by atoms with Gasteiger partial charge in [0.25, 0.3) is 5.91 Å². The normalized spacial score (nSPS) is 18.8. The summed E-state index contributed by atoms with van der Waals surface area (Å²) in [6, 6.07) is 4.88. The molecule has 0 atom stereocenters. The third-order valence-electron chi connectivity index (χ3n) is 3.52. The van der Waals surface area contributed by atoms with Gasteiger partial charge in [-0.1, -0.05) is 0 Å². The lowest BCUT2D eigenvalue weighted by Crippen LogP contribution is -2.43. The van der Waals surface area contributed by atoms with Crippen LogP contribution in [0.1, 0.15) is 29.6 Å². The number of amides is 1. The molecule has 0 aromatic heterocycles. The van der Waals surface area contributed by atoms with E-state index >= 15 is 0 Å². The molecule has 6 heteroatoms. The highest BCUT2D eigenvalue weighted by Crippen LogP contribution is 2.36. The number of fused-ring (bicyclic) bond motifs is 1. The predicted molar refractivity (Wildman–Crippen MR) is 69.1 cm³/mol. The minimum absolute atomic E-state index is 0.377. The van der Waals surface area contributed by atoms with Gasteiger partial charge < -0.3 is 19.9 Å². The molecule has 3 rings (SSSR count). The van der Waals surface area contributed by atoms with Crippen LogP contribution in [0.2, 0.25) is 0 Å². The predicted octanol–water partition coefficient (Wildman–Crippen LogP) is 1.19. The van der Waals surface area contributed by atoms with E-state index in [1.54, 1.807) is 18.2 Å². The molecule has 2 aliphatic rings. The molecule has 1 aromatic carbocycles. The molecular weight excluding hydrogens is 262 g/mol. The molecule has 0 unspecified atom stereocenters. The number of carbonyl (C=O) groups excluding carboxylic acids is 1. The Labute approximate surface area is 115 Å². The highest BCUT2D eigenvalue weighted by Gasteiger charge is 2.51. The zero-order chi connectivity index (χ0) is 14.2. The number of nitrogens with one attached hydrogen (secondary N) is 1. The Kier molecular flexibility index (Phi) is 3.00. The van der Waals surface area contributed by atoms with Gasteiger partial charge in [-0.3, -0.25) is 4.79 Å². The fourth-order valence-electron chi connectivity index (χ4n) is 2.11. The first kappa shape index (κ1) is 12.8. The number of benzene rings is 1. The minimum atomic E-state index is -1.08. The van der Waals surface area contributed by atoms with Gasteiger partial charge in [-0.25, -0.2) is 4.79 Å². The molecule has 1 amide bonds. The lowest BCUT2D eigenvalue weighted by atomic mass is 10.1. The summed E-state index contributed by atoms with van der Waals surface area (Å²) in [7, 11) is 0. The van der Waals surface area contributed by atoms with E-state index in [2.05, 4.69) is 5.32 Å². The van der Waals surface area contributed by atoms with Crippen molar-refractivity contribution in [2.24, 2.45) is 0 Å². The lowest BCUT2D eigenvalue weighted by molar-refractivity contribution is -0.140. The van der Waals surface area contributed by atoms with Crippen LogP contribution in [0.4, 0.5) is 0 Å². The van der Waals surface area contributed by atoms with Crippen LogP contribution < -0.4 is 14.8 Å². The first-order valence-corrected chi connectivity index (χ1v) is 6.56. The van der Waals surface area contributed by atoms with Gasteiger partial charge in [0, 0.05) is 12.0 Å². The summed E-state index contributed by atoms with van der Waals surface area (Å²) in [5.41, 5.74) is -0.705. The molecule has 6 nitrogen and oxygen atoms in total. The largest absolute Gasteiger partial charge is 0.490 e. The maximum atomic E-state index is 12.1. The first-order chi connectivity index (χ1) is 9.61. The fraction of sp³-hybridized carbons (Fsp3) is 0.429. The lowest BCUT2D eigenvalue weighted by Gasteiger charge is -2.13. The number of carbonyl (C=O) groups is 2. The number of rotatable bonds is 3. The molecule has 1 aliphatic heterocycles. The van der Waals surface area contributed by atoms with Crippen molar-refractivity contribution in [3.8, 4) is 11.5 Å². The summed E-state index contributed by atoms with van der Waals surface area (Å²) in [5.74, 6) is -0.255. The molecule has 0 bridgehead atoms. The van der Waals surface area contributed by atoms with Gasteiger partial charge in [-0.15, -0.1) is 0 Å². The van der Waals surface area contributed by atoms with Crippen molar-refractivity contribution >= 4 is 11.9 Å². The van der Waals surface area contributed by atoms with Crippen LogP contribution in [0.3, 0.4) is 0 Å². The summed E-state index contributed by atoms with van der Waals surface area (Å²) in [6.45, 7) is 1.12. The van der Waals surface area contributed by atoms with Gasteiger partial charge in [0.2, 0.25) is 0 Å². The van der Waals surface area contributed by atoms with Crippen molar-refractivity contribution in [2.45, 2.75) is 24.8 Å². The smallest absolute Gasteiger partial charge is 0.329 e. The molecule has 2 N–H and O–H groups in total. The molecule has 0 radical (unpaired) electrons. The van der Waals surface area contributed by atoms with E-state index in [-0.39, 0.29) is 0 Å². The van der Waals surface area contributed by atoms with Gasteiger partial charge in [0.15, 0.2) is 11.5 Å². The number of carboxylic acid groups (broad SMARTS) is 1. The average molecular weight is 277 g/mol. The summed E-state index contributed by atoms with van der Waals surface area (Å²) in [6.07, 6.45) is 1.73.